The lowest BCUT2D eigenvalue weighted by Gasteiger charge is -2.04. The third kappa shape index (κ3) is 2.93. The first-order valence-electron chi connectivity index (χ1n) is 6.05. The fourth-order valence-corrected chi connectivity index (χ4v) is 1.94. The molecule has 0 unspecified atom stereocenters. The van der Waals surface area contributed by atoms with Crippen molar-refractivity contribution in [3.8, 4) is 5.88 Å². The molecular formula is C14H15NO4. The van der Waals surface area contributed by atoms with Crippen molar-refractivity contribution in [2.75, 3.05) is 6.61 Å². The van der Waals surface area contributed by atoms with Crippen molar-refractivity contribution in [3.63, 3.8) is 0 Å². The third-order valence-electron chi connectivity index (χ3n) is 2.65. The molecule has 0 atom stereocenters. The summed E-state index contributed by atoms with van der Waals surface area (Å²) < 4.78 is 10.0. The van der Waals surface area contributed by atoms with E-state index < -0.39 is 5.97 Å². The van der Waals surface area contributed by atoms with E-state index in [1.165, 1.54) is 6.92 Å². The molecule has 1 N–H and O–H groups in total. The van der Waals surface area contributed by atoms with Crippen LogP contribution in [0.2, 0.25) is 0 Å². The number of benzene rings is 1. The number of hydrogen-bond acceptors (Lipinski definition) is 4. The van der Waals surface area contributed by atoms with Gasteiger partial charge in [-0.05, 0) is 13.0 Å². The molecule has 5 nitrogen and oxygen atoms in total. The van der Waals surface area contributed by atoms with E-state index in [0.717, 1.165) is 10.9 Å². The summed E-state index contributed by atoms with van der Waals surface area (Å²) in [6, 6.07) is 7.46. The molecule has 0 fully saturated rings. The molecule has 2 aromatic rings. The SMILES string of the molecule is CCOC(=O)Cc1c(OC(C)=O)[nH]c2ccccc12. The lowest BCUT2D eigenvalue weighted by Crippen LogP contribution is -2.10. The summed E-state index contributed by atoms with van der Waals surface area (Å²) in [5, 5.41) is 0.854. The molecule has 1 heterocycles. The summed E-state index contributed by atoms with van der Waals surface area (Å²) in [6.45, 7) is 3.39. The summed E-state index contributed by atoms with van der Waals surface area (Å²) in [6.07, 6.45) is 0.0699. The van der Waals surface area contributed by atoms with Crippen molar-refractivity contribution in [3.05, 3.63) is 29.8 Å². The zero-order valence-electron chi connectivity index (χ0n) is 10.9. The molecule has 0 radical (unpaired) electrons. The van der Waals surface area contributed by atoms with Gasteiger partial charge in [0, 0.05) is 23.4 Å². The van der Waals surface area contributed by atoms with Crippen molar-refractivity contribution in [1.82, 2.24) is 4.98 Å². The minimum atomic E-state index is -0.434. The molecule has 1 aromatic carbocycles. The van der Waals surface area contributed by atoms with Gasteiger partial charge in [-0.3, -0.25) is 9.59 Å². The van der Waals surface area contributed by atoms with E-state index in [2.05, 4.69) is 4.98 Å². The number of H-pyrrole nitrogens is 1. The molecule has 5 heteroatoms. The van der Waals surface area contributed by atoms with Gasteiger partial charge in [-0.2, -0.15) is 0 Å². The van der Waals surface area contributed by atoms with Crippen LogP contribution in [0.15, 0.2) is 24.3 Å². The Hall–Kier alpha value is -2.30. The second-order valence-electron chi connectivity index (χ2n) is 4.05. The highest BCUT2D eigenvalue weighted by Gasteiger charge is 2.17. The summed E-state index contributed by atoms with van der Waals surface area (Å²) >= 11 is 0. The average molecular weight is 261 g/mol. The molecule has 0 aliphatic heterocycles. The second kappa shape index (κ2) is 5.56. The largest absolute Gasteiger partial charge is 0.466 e. The van der Waals surface area contributed by atoms with Crippen LogP contribution in [0.25, 0.3) is 10.9 Å². The summed E-state index contributed by atoms with van der Waals surface area (Å²) in [5.74, 6) is -0.473. The molecule has 0 bridgehead atoms. The first-order valence-corrected chi connectivity index (χ1v) is 6.05. The van der Waals surface area contributed by atoms with Gasteiger partial charge in [0.15, 0.2) is 0 Å². The summed E-state index contributed by atoms with van der Waals surface area (Å²) in [4.78, 5) is 25.7. The maximum absolute atomic E-state index is 11.6. The standard InChI is InChI=1S/C14H15NO4/c1-3-18-13(17)8-11-10-6-4-5-7-12(10)15-14(11)19-9(2)16/h4-7,15H,3,8H2,1-2H3. The Kier molecular flexibility index (Phi) is 3.85. The number of nitrogens with one attached hydrogen (secondary N) is 1. The molecule has 1 aromatic heterocycles. The van der Waals surface area contributed by atoms with Gasteiger partial charge < -0.3 is 14.5 Å². The first kappa shape index (κ1) is 13.1. The number of aromatic amines is 1. The Morgan fingerprint density at radius 2 is 2.00 bits per heavy atom. The topological polar surface area (TPSA) is 68.4 Å². The molecule has 0 aliphatic rings. The van der Waals surface area contributed by atoms with E-state index in [1.54, 1.807) is 6.92 Å². The van der Waals surface area contributed by atoms with Crippen molar-refractivity contribution >= 4 is 22.8 Å². The third-order valence-corrected chi connectivity index (χ3v) is 2.65. The van der Waals surface area contributed by atoms with Crippen LogP contribution in [0, 0.1) is 0 Å². The van der Waals surface area contributed by atoms with E-state index in [1.807, 2.05) is 24.3 Å². The average Bonchev–Trinajstić information content (AvgIpc) is 2.67. The number of para-hydroxylation sites is 1. The van der Waals surface area contributed by atoms with Gasteiger partial charge >= 0.3 is 11.9 Å². The molecule has 0 saturated heterocycles. The van der Waals surface area contributed by atoms with Crippen molar-refractivity contribution in [1.29, 1.82) is 0 Å². The van der Waals surface area contributed by atoms with Crippen molar-refractivity contribution in [2.45, 2.75) is 20.3 Å². The number of ether oxygens (including phenoxy) is 2. The van der Waals surface area contributed by atoms with Crippen LogP contribution in [0.5, 0.6) is 5.88 Å². The number of esters is 2. The number of carbonyl (C=O) groups excluding carboxylic acids is 2. The Morgan fingerprint density at radius 1 is 1.26 bits per heavy atom. The molecule has 19 heavy (non-hydrogen) atoms. The number of carbonyl (C=O) groups is 2. The maximum atomic E-state index is 11.6. The van der Waals surface area contributed by atoms with Gasteiger partial charge in [-0.25, -0.2) is 0 Å². The molecule has 100 valence electrons. The predicted molar refractivity (Wildman–Crippen MR) is 69.9 cm³/mol. The Bertz CT molecular complexity index is 615. The number of hydrogen-bond donors (Lipinski definition) is 1. The van der Waals surface area contributed by atoms with Crippen LogP contribution in [-0.2, 0) is 20.7 Å². The fraction of sp³-hybridized carbons (Fsp3) is 0.286. The number of rotatable bonds is 4. The van der Waals surface area contributed by atoms with E-state index in [0.29, 0.717) is 18.1 Å². The number of aromatic nitrogens is 1. The fourth-order valence-electron chi connectivity index (χ4n) is 1.94. The maximum Gasteiger partial charge on any atom is 0.310 e. The zero-order chi connectivity index (χ0) is 13.8. The smallest absolute Gasteiger partial charge is 0.310 e. The van der Waals surface area contributed by atoms with Crippen LogP contribution in [0.1, 0.15) is 19.4 Å². The lowest BCUT2D eigenvalue weighted by atomic mass is 10.1. The predicted octanol–water partition coefficient (Wildman–Crippen LogP) is 2.20. The lowest BCUT2D eigenvalue weighted by molar-refractivity contribution is -0.142. The monoisotopic (exact) mass is 261 g/mol. The van der Waals surface area contributed by atoms with Gasteiger partial charge in [0.05, 0.1) is 13.0 Å². The van der Waals surface area contributed by atoms with Crippen LogP contribution >= 0.6 is 0 Å². The molecule has 0 spiro atoms. The van der Waals surface area contributed by atoms with E-state index in [9.17, 15) is 9.59 Å². The highest BCUT2D eigenvalue weighted by molar-refractivity contribution is 5.90. The minimum absolute atomic E-state index is 0.0699. The highest BCUT2D eigenvalue weighted by Crippen LogP contribution is 2.28. The molecule has 2 rings (SSSR count). The van der Waals surface area contributed by atoms with E-state index in [4.69, 9.17) is 9.47 Å². The molecule has 0 amide bonds. The molecular weight excluding hydrogens is 246 g/mol. The van der Waals surface area contributed by atoms with Crippen LogP contribution in [0.4, 0.5) is 0 Å². The van der Waals surface area contributed by atoms with Crippen molar-refractivity contribution in [2.24, 2.45) is 0 Å². The Morgan fingerprint density at radius 3 is 2.68 bits per heavy atom. The Balaban J connectivity index is 2.42. The van der Waals surface area contributed by atoms with E-state index >= 15 is 0 Å². The normalized spacial score (nSPS) is 10.4. The minimum Gasteiger partial charge on any atom is -0.466 e. The van der Waals surface area contributed by atoms with Gasteiger partial charge in [-0.15, -0.1) is 0 Å². The quantitative estimate of drug-likeness (QED) is 0.857. The van der Waals surface area contributed by atoms with Crippen molar-refractivity contribution < 1.29 is 19.1 Å². The van der Waals surface area contributed by atoms with Gasteiger partial charge in [0.1, 0.15) is 0 Å². The number of fused-ring (bicyclic) bond motifs is 1. The zero-order valence-corrected chi connectivity index (χ0v) is 10.9. The van der Waals surface area contributed by atoms with Crippen LogP contribution < -0.4 is 4.74 Å². The molecule has 0 aliphatic carbocycles. The summed E-state index contributed by atoms with van der Waals surface area (Å²) in [5.41, 5.74) is 1.46. The molecule has 0 saturated carbocycles. The Labute approximate surface area is 110 Å². The van der Waals surface area contributed by atoms with Gasteiger partial charge in [0.2, 0.25) is 5.88 Å². The summed E-state index contributed by atoms with van der Waals surface area (Å²) in [7, 11) is 0. The van der Waals surface area contributed by atoms with Crippen LogP contribution in [-0.4, -0.2) is 23.5 Å². The highest BCUT2D eigenvalue weighted by atomic mass is 16.5. The van der Waals surface area contributed by atoms with Crippen LogP contribution in [0.3, 0.4) is 0 Å². The van der Waals surface area contributed by atoms with E-state index in [-0.39, 0.29) is 12.4 Å². The van der Waals surface area contributed by atoms with Gasteiger partial charge in [-0.1, -0.05) is 18.2 Å². The second-order valence-corrected chi connectivity index (χ2v) is 4.05. The van der Waals surface area contributed by atoms with Gasteiger partial charge in [0.25, 0.3) is 0 Å². The first-order chi connectivity index (χ1) is 9.11.